The van der Waals surface area contributed by atoms with Crippen molar-refractivity contribution >= 4 is 11.9 Å². The molecule has 0 aliphatic carbocycles. The standard InChI is InChI=1S/C16H23NO4/c1-21-14-10-7-6-9-13(14)16(20)17-12-8-4-2-3-5-11-15(18)19/h6-7,9-10H,2-5,8,11-12H2,1H3,(H,17,20)(H,18,19). The number of rotatable bonds is 10. The summed E-state index contributed by atoms with van der Waals surface area (Å²) in [5.74, 6) is -0.291. The van der Waals surface area contributed by atoms with Crippen LogP contribution in [0.2, 0.25) is 0 Å². The molecule has 0 aliphatic heterocycles. The van der Waals surface area contributed by atoms with E-state index < -0.39 is 5.97 Å². The summed E-state index contributed by atoms with van der Waals surface area (Å²) >= 11 is 0. The third kappa shape index (κ3) is 6.79. The number of aliphatic carboxylic acids is 1. The summed E-state index contributed by atoms with van der Waals surface area (Å²) in [7, 11) is 1.54. The third-order valence-corrected chi connectivity index (χ3v) is 3.20. The summed E-state index contributed by atoms with van der Waals surface area (Å²) in [5, 5.41) is 11.4. The third-order valence-electron chi connectivity index (χ3n) is 3.20. The highest BCUT2D eigenvalue weighted by Gasteiger charge is 2.10. The van der Waals surface area contributed by atoms with E-state index in [1.165, 1.54) is 0 Å². The van der Waals surface area contributed by atoms with Gasteiger partial charge in [-0.15, -0.1) is 0 Å². The molecular weight excluding hydrogens is 270 g/mol. The van der Waals surface area contributed by atoms with Gasteiger partial charge in [0.2, 0.25) is 0 Å². The predicted molar refractivity (Wildman–Crippen MR) is 80.7 cm³/mol. The zero-order chi connectivity index (χ0) is 15.5. The summed E-state index contributed by atoms with van der Waals surface area (Å²) in [5.41, 5.74) is 0.543. The van der Waals surface area contributed by atoms with Crippen LogP contribution in [0.4, 0.5) is 0 Å². The quantitative estimate of drug-likeness (QED) is 0.650. The Morgan fingerprint density at radius 3 is 2.48 bits per heavy atom. The fraction of sp³-hybridized carbons (Fsp3) is 0.500. The van der Waals surface area contributed by atoms with Gasteiger partial charge in [-0.3, -0.25) is 9.59 Å². The molecule has 0 unspecified atom stereocenters. The Balaban J connectivity index is 2.15. The van der Waals surface area contributed by atoms with Crippen LogP contribution in [0, 0.1) is 0 Å². The van der Waals surface area contributed by atoms with Crippen LogP contribution in [0.15, 0.2) is 24.3 Å². The van der Waals surface area contributed by atoms with Crippen molar-refractivity contribution in [2.24, 2.45) is 0 Å². The molecule has 2 N–H and O–H groups in total. The van der Waals surface area contributed by atoms with E-state index in [1.54, 1.807) is 25.3 Å². The first-order chi connectivity index (χ1) is 10.1. The Morgan fingerprint density at radius 2 is 1.76 bits per heavy atom. The van der Waals surface area contributed by atoms with Gasteiger partial charge < -0.3 is 15.2 Å². The zero-order valence-electron chi connectivity index (χ0n) is 12.4. The maximum Gasteiger partial charge on any atom is 0.303 e. The molecule has 0 bridgehead atoms. The number of carbonyl (C=O) groups is 2. The van der Waals surface area contributed by atoms with Crippen molar-refractivity contribution in [1.82, 2.24) is 5.32 Å². The van der Waals surface area contributed by atoms with Crippen LogP contribution in [-0.4, -0.2) is 30.6 Å². The largest absolute Gasteiger partial charge is 0.496 e. The first-order valence-corrected chi connectivity index (χ1v) is 7.28. The van der Waals surface area contributed by atoms with E-state index >= 15 is 0 Å². The topological polar surface area (TPSA) is 75.6 Å². The monoisotopic (exact) mass is 293 g/mol. The lowest BCUT2D eigenvalue weighted by Gasteiger charge is -2.08. The fourth-order valence-electron chi connectivity index (χ4n) is 2.06. The van der Waals surface area contributed by atoms with E-state index in [4.69, 9.17) is 9.84 Å². The highest BCUT2D eigenvalue weighted by atomic mass is 16.5. The molecule has 5 heteroatoms. The van der Waals surface area contributed by atoms with E-state index in [0.717, 1.165) is 32.1 Å². The highest BCUT2D eigenvalue weighted by molar-refractivity contribution is 5.96. The van der Waals surface area contributed by atoms with Gasteiger partial charge in [-0.2, -0.15) is 0 Å². The van der Waals surface area contributed by atoms with Crippen molar-refractivity contribution in [3.05, 3.63) is 29.8 Å². The number of carbonyl (C=O) groups excluding carboxylic acids is 1. The number of carboxylic acids is 1. The number of carboxylic acid groups (broad SMARTS) is 1. The van der Waals surface area contributed by atoms with Gasteiger partial charge in [0.15, 0.2) is 0 Å². The molecule has 0 aliphatic rings. The minimum absolute atomic E-state index is 0.127. The van der Waals surface area contributed by atoms with Crippen LogP contribution in [0.25, 0.3) is 0 Å². The molecule has 1 aromatic carbocycles. The number of benzene rings is 1. The summed E-state index contributed by atoms with van der Waals surface area (Å²) in [6.45, 7) is 0.621. The molecule has 0 saturated heterocycles. The number of ether oxygens (including phenoxy) is 1. The maximum absolute atomic E-state index is 12.0. The lowest BCUT2D eigenvalue weighted by molar-refractivity contribution is -0.137. The molecule has 1 rings (SSSR count). The minimum Gasteiger partial charge on any atom is -0.496 e. The molecule has 0 spiro atoms. The molecule has 0 aromatic heterocycles. The van der Waals surface area contributed by atoms with Crippen LogP contribution in [0.3, 0.4) is 0 Å². The number of unbranched alkanes of at least 4 members (excludes halogenated alkanes) is 4. The molecule has 1 amide bonds. The van der Waals surface area contributed by atoms with E-state index in [9.17, 15) is 9.59 Å². The van der Waals surface area contributed by atoms with Crippen molar-refractivity contribution in [3.63, 3.8) is 0 Å². The summed E-state index contributed by atoms with van der Waals surface area (Å²) in [4.78, 5) is 22.3. The Bertz CT molecular complexity index is 459. The van der Waals surface area contributed by atoms with Crippen LogP contribution in [0.5, 0.6) is 5.75 Å². The van der Waals surface area contributed by atoms with Gasteiger partial charge in [0.05, 0.1) is 12.7 Å². The average Bonchev–Trinajstić information content (AvgIpc) is 2.49. The van der Waals surface area contributed by atoms with Crippen LogP contribution >= 0.6 is 0 Å². The molecule has 116 valence electrons. The number of methoxy groups -OCH3 is 1. The van der Waals surface area contributed by atoms with Crippen molar-refractivity contribution in [3.8, 4) is 5.75 Å². The molecule has 21 heavy (non-hydrogen) atoms. The second-order valence-electron chi connectivity index (χ2n) is 4.87. The van der Waals surface area contributed by atoms with Crippen molar-refractivity contribution in [2.75, 3.05) is 13.7 Å². The molecule has 0 atom stereocenters. The highest BCUT2D eigenvalue weighted by Crippen LogP contribution is 2.16. The maximum atomic E-state index is 12.0. The van der Waals surface area contributed by atoms with E-state index in [2.05, 4.69) is 5.32 Å². The SMILES string of the molecule is COc1ccccc1C(=O)NCCCCCCCC(=O)O. The predicted octanol–water partition coefficient (Wildman–Crippen LogP) is 2.85. The number of nitrogens with one attached hydrogen (secondary N) is 1. The van der Waals surface area contributed by atoms with Gasteiger partial charge in [-0.05, 0) is 25.0 Å². The van der Waals surface area contributed by atoms with Crippen LogP contribution in [0.1, 0.15) is 48.9 Å². The van der Waals surface area contributed by atoms with E-state index in [-0.39, 0.29) is 12.3 Å². The normalized spacial score (nSPS) is 10.1. The molecule has 0 saturated carbocycles. The number of para-hydroxylation sites is 1. The van der Waals surface area contributed by atoms with Gasteiger partial charge in [0.25, 0.3) is 5.91 Å². The first kappa shape index (κ1) is 17.0. The number of amides is 1. The van der Waals surface area contributed by atoms with Crippen LogP contribution < -0.4 is 10.1 Å². The molecule has 5 nitrogen and oxygen atoms in total. The Hall–Kier alpha value is -2.04. The molecular formula is C16H23NO4. The van der Waals surface area contributed by atoms with Gasteiger partial charge in [0, 0.05) is 13.0 Å². The Morgan fingerprint density at radius 1 is 1.10 bits per heavy atom. The Kier molecular flexibility index (Phi) is 7.94. The lowest BCUT2D eigenvalue weighted by atomic mass is 10.1. The molecule has 1 aromatic rings. The Labute approximate surface area is 125 Å². The molecule has 0 fully saturated rings. The summed E-state index contributed by atoms with van der Waals surface area (Å²) in [6.07, 6.45) is 4.78. The zero-order valence-corrected chi connectivity index (χ0v) is 12.4. The van der Waals surface area contributed by atoms with Crippen molar-refractivity contribution in [1.29, 1.82) is 0 Å². The average molecular weight is 293 g/mol. The number of hydrogen-bond donors (Lipinski definition) is 2. The van der Waals surface area contributed by atoms with Gasteiger partial charge in [0.1, 0.15) is 5.75 Å². The molecule has 0 radical (unpaired) electrons. The minimum atomic E-state index is -0.737. The van der Waals surface area contributed by atoms with E-state index in [1.807, 2.05) is 6.07 Å². The second-order valence-corrected chi connectivity index (χ2v) is 4.87. The van der Waals surface area contributed by atoms with Crippen molar-refractivity contribution < 1.29 is 19.4 Å². The van der Waals surface area contributed by atoms with Crippen LogP contribution in [-0.2, 0) is 4.79 Å². The summed E-state index contributed by atoms with van der Waals surface area (Å²) in [6, 6.07) is 7.13. The lowest BCUT2D eigenvalue weighted by Crippen LogP contribution is -2.24. The molecule has 0 heterocycles. The smallest absolute Gasteiger partial charge is 0.303 e. The van der Waals surface area contributed by atoms with E-state index in [0.29, 0.717) is 17.9 Å². The summed E-state index contributed by atoms with van der Waals surface area (Å²) < 4.78 is 5.15. The van der Waals surface area contributed by atoms with Gasteiger partial charge >= 0.3 is 5.97 Å². The number of hydrogen-bond acceptors (Lipinski definition) is 3. The van der Waals surface area contributed by atoms with Gasteiger partial charge in [-0.25, -0.2) is 0 Å². The van der Waals surface area contributed by atoms with Gasteiger partial charge in [-0.1, -0.05) is 31.4 Å². The first-order valence-electron chi connectivity index (χ1n) is 7.28. The second kappa shape index (κ2) is 9.80. The fourth-order valence-corrected chi connectivity index (χ4v) is 2.06. The van der Waals surface area contributed by atoms with Crippen molar-refractivity contribution in [2.45, 2.75) is 38.5 Å².